The Bertz CT molecular complexity index is 603. The SMILES string of the molecule is COCC(O)CN(C)C(=O)C(C)(c1ccccc1)c1ccccc1. The van der Waals surface area contributed by atoms with Gasteiger partial charge in [-0.25, -0.2) is 0 Å². The van der Waals surface area contributed by atoms with Gasteiger partial charge in [-0.1, -0.05) is 60.7 Å². The molecule has 1 atom stereocenters. The Morgan fingerprint density at radius 1 is 1.08 bits per heavy atom. The van der Waals surface area contributed by atoms with Gasteiger partial charge in [-0.05, 0) is 18.1 Å². The molecule has 1 amide bonds. The van der Waals surface area contributed by atoms with Crippen molar-refractivity contribution in [1.82, 2.24) is 4.90 Å². The lowest BCUT2D eigenvalue weighted by Gasteiger charge is -2.34. The maximum absolute atomic E-state index is 13.3. The number of nitrogens with zero attached hydrogens (tertiary/aromatic N) is 1. The van der Waals surface area contributed by atoms with Crippen LogP contribution in [-0.2, 0) is 14.9 Å². The minimum atomic E-state index is -0.815. The quantitative estimate of drug-likeness (QED) is 0.850. The second kappa shape index (κ2) is 8.08. The van der Waals surface area contributed by atoms with Crippen molar-refractivity contribution in [2.45, 2.75) is 18.4 Å². The third-order valence-electron chi connectivity index (χ3n) is 4.32. The highest BCUT2D eigenvalue weighted by molar-refractivity contribution is 5.91. The van der Waals surface area contributed by atoms with Gasteiger partial charge in [-0.15, -0.1) is 0 Å². The van der Waals surface area contributed by atoms with Crippen LogP contribution in [0.5, 0.6) is 0 Å². The van der Waals surface area contributed by atoms with Gasteiger partial charge in [0.25, 0.3) is 0 Å². The molecule has 0 aliphatic rings. The van der Waals surface area contributed by atoms with Crippen LogP contribution in [0.2, 0.25) is 0 Å². The fraction of sp³-hybridized carbons (Fsp3) is 0.350. The number of carbonyl (C=O) groups is 1. The molecule has 0 saturated heterocycles. The van der Waals surface area contributed by atoms with E-state index in [0.717, 1.165) is 11.1 Å². The number of carbonyl (C=O) groups excluding carboxylic acids is 1. The van der Waals surface area contributed by atoms with Crippen molar-refractivity contribution in [2.75, 3.05) is 27.3 Å². The Hall–Kier alpha value is -2.17. The highest BCUT2D eigenvalue weighted by atomic mass is 16.5. The molecule has 1 N–H and O–H groups in total. The molecule has 0 aliphatic heterocycles. The maximum atomic E-state index is 13.3. The van der Waals surface area contributed by atoms with Crippen LogP contribution in [0.1, 0.15) is 18.1 Å². The molecule has 24 heavy (non-hydrogen) atoms. The van der Waals surface area contributed by atoms with Crippen molar-refractivity contribution in [3.05, 3.63) is 71.8 Å². The smallest absolute Gasteiger partial charge is 0.237 e. The van der Waals surface area contributed by atoms with Gasteiger partial charge >= 0.3 is 0 Å². The van der Waals surface area contributed by atoms with Crippen LogP contribution in [0.25, 0.3) is 0 Å². The predicted octanol–water partition coefficient (Wildman–Crippen LogP) is 2.46. The number of amides is 1. The van der Waals surface area contributed by atoms with Crippen molar-refractivity contribution in [2.24, 2.45) is 0 Å². The lowest BCUT2D eigenvalue weighted by Crippen LogP contribution is -2.47. The molecule has 0 aliphatic carbocycles. The topological polar surface area (TPSA) is 49.8 Å². The van der Waals surface area contributed by atoms with E-state index in [1.807, 2.05) is 67.6 Å². The molecular weight excluding hydrogens is 302 g/mol. The van der Waals surface area contributed by atoms with Gasteiger partial charge in [-0.2, -0.15) is 0 Å². The average molecular weight is 327 g/mol. The molecule has 0 saturated carbocycles. The first-order valence-electron chi connectivity index (χ1n) is 8.03. The molecule has 0 aromatic heterocycles. The Labute approximate surface area is 143 Å². The number of ether oxygens (including phenoxy) is 1. The second-order valence-electron chi connectivity index (χ2n) is 6.15. The molecular formula is C20H25NO3. The van der Waals surface area contributed by atoms with Crippen molar-refractivity contribution in [1.29, 1.82) is 0 Å². The number of hydrogen-bond donors (Lipinski definition) is 1. The molecule has 0 heterocycles. The van der Waals surface area contributed by atoms with Crippen LogP contribution >= 0.6 is 0 Å². The number of hydrogen-bond acceptors (Lipinski definition) is 3. The monoisotopic (exact) mass is 327 g/mol. The lowest BCUT2D eigenvalue weighted by molar-refractivity contribution is -0.135. The molecule has 1 unspecified atom stereocenters. The summed E-state index contributed by atoms with van der Waals surface area (Å²) < 4.78 is 4.95. The molecule has 2 aromatic carbocycles. The van der Waals surface area contributed by atoms with E-state index in [1.165, 1.54) is 7.11 Å². The summed E-state index contributed by atoms with van der Waals surface area (Å²) in [5.74, 6) is -0.0601. The van der Waals surface area contributed by atoms with Crippen molar-refractivity contribution in [3.63, 3.8) is 0 Å². The Morgan fingerprint density at radius 3 is 1.96 bits per heavy atom. The van der Waals surface area contributed by atoms with Gasteiger partial charge in [0.1, 0.15) is 0 Å². The molecule has 4 nitrogen and oxygen atoms in total. The van der Waals surface area contributed by atoms with Gasteiger partial charge < -0.3 is 14.7 Å². The Balaban J connectivity index is 2.38. The van der Waals surface area contributed by atoms with Crippen LogP contribution in [0, 0.1) is 0 Å². The summed E-state index contributed by atoms with van der Waals surface area (Å²) >= 11 is 0. The van der Waals surface area contributed by atoms with Gasteiger partial charge in [0.2, 0.25) is 5.91 Å². The normalized spacial score (nSPS) is 12.7. The summed E-state index contributed by atoms with van der Waals surface area (Å²) in [6.45, 7) is 2.35. The zero-order valence-electron chi connectivity index (χ0n) is 14.5. The fourth-order valence-electron chi connectivity index (χ4n) is 2.98. The summed E-state index contributed by atoms with van der Waals surface area (Å²) in [6, 6.07) is 19.5. The Kier molecular flexibility index (Phi) is 6.12. The van der Waals surface area contributed by atoms with Crippen molar-refractivity contribution < 1.29 is 14.6 Å². The molecule has 2 aromatic rings. The van der Waals surface area contributed by atoms with E-state index < -0.39 is 11.5 Å². The Morgan fingerprint density at radius 2 is 1.54 bits per heavy atom. The fourth-order valence-corrected chi connectivity index (χ4v) is 2.98. The predicted molar refractivity (Wildman–Crippen MR) is 94.9 cm³/mol. The van der Waals surface area contributed by atoms with Crippen LogP contribution in [-0.4, -0.2) is 49.3 Å². The van der Waals surface area contributed by atoms with Crippen LogP contribution < -0.4 is 0 Å². The number of aliphatic hydroxyl groups is 1. The molecule has 128 valence electrons. The van der Waals surface area contributed by atoms with Crippen molar-refractivity contribution >= 4 is 5.91 Å². The molecule has 0 spiro atoms. The van der Waals surface area contributed by atoms with E-state index in [4.69, 9.17) is 4.74 Å². The van der Waals surface area contributed by atoms with Gasteiger partial charge in [-0.3, -0.25) is 4.79 Å². The van der Waals surface area contributed by atoms with Crippen molar-refractivity contribution in [3.8, 4) is 0 Å². The standard InChI is InChI=1S/C20H25NO3/c1-20(16-10-6-4-7-11-16,17-12-8-5-9-13-17)19(23)21(2)14-18(22)15-24-3/h4-13,18,22H,14-15H2,1-3H3. The van der Waals surface area contributed by atoms with E-state index in [2.05, 4.69) is 0 Å². The third kappa shape index (κ3) is 3.83. The van der Waals surface area contributed by atoms with Crippen LogP contribution in [0.15, 0.2) is 60.7 Å². The van der Waals surface area contributed by atoms with E-state index in [9.17, 15) is 9.90 Å². The minimum absolute atomic E-state index is 0.0601. The first-order valence-corrected chi connectivity index (χ1v) is 8.03. The number of benzene rings is 2. The van der Waals surface area contributed by atoms with Gasteiger partial charge in [0.05, 0.1) is 18.1 Å². The lowest BCUT2D eigenvalue weighted by atomic mass is 9.75. The summed E-state index contributed by atoms with van der Waals surface area (Å²) in [5, 5.41) is 9.96. The molecule has 4 heteroatoms. The number of likely N-dealkylation sites (N-methyl/N-ethyl adjacent to an activating group) is 1. The van der Waals surface area contributed by atoms with Crippen LogP contribution in [0.4, 0.5) is 0 Å². The van der Waals surface area contributed by atoms with E-state index >= 15 is 0 Å². The third-order valence-corrected chi connectivity index (χ3v) is 4.32. The zero-order chi connectivity index (χ0) is 17.6. The highest BCUT2D eigenvalue weighted by Gasteiger charge is 2.39. The minimum Gasteiger partial charge on any atom is -0.389 e. The summed E-state index contributed by atoms with van der Waals surface area (Å²) in [4.78, 5) is 14.9. The molecule has 0 bridgehead atoms. The average Bonchev–Trinajstić information content (AvgIpc) is 2.62. The molecule has 0 radical (unpaired) electrons. The second-order valence-corrected chi connectivity index (χ2v) is 6.15. The van der Waals surface area contributed by atoms with E-state index in [1.54, 1.807) is 11.9 Å². The largest absolute Gasteiger partial charge is 0.389 e. The number of methoxy groups -OCH3 is 1. The first kappa shape index (κ1) is 18.2. The summed E-state index contributed by atoms with van der Waals surface area (Å²) in [5.41, 5.74) is 1.04. The summed E-state index contributed by atoms with van der Waals surface area (Å²) in [6.07, 6.45) is -0.709. The van der Waals surface area contributed by atoms with E-state index in [0.29, 0.717) is 0 Å². The summed E-state index contributed by atoms with van der Waals surface area (Å²) in [7, 11) is 3.24. The first-order chi connectivity index (χ1) is 11.5. The van der Waals surface area contributed by atoms with Gasteiger partial charge in [0, 0.05) is 20.7 Å². The van der Waals surface area contributed by atoms with E-state index in [-0.39, 0.29) is 19.1 Å². The molecule has 2 rings (SSSR count). The molecule has 0 fully saturated rings. The number of aliphatic hydroxyl groups excluding tert-OH is 1. The number of rotatable bonds is 7. The van der Waals surface area contributed by atoms with Gasteiger partial charge in [0.15, 0.2) is 0 Å². The maximum Gasteiger partial charge on any atom is 0.237 e. The van der Waals surface area contributed by atoms with Crippen LogP contribution in [0.3, 0.4) is 0 Å². The zero-order valence-corrected chi connectivity index (χ0v) is 14.5. The highest BCUT2D eigenvalue weighted by Crippen LogP contribution is 2.33.